The van der Waals surface area contributed by atoms with Gasteiger partial charge in [-0.25, -0.2) is 10.5 Å². The number of rotatable bonds is 5. The molecule has 11 heavy (non-hydrogen) atoms. The molecule has 0 spiro atoms. The van der Waals surface area contributed by atoms with E-state index in [1.54, 1.807) is 0 Å². The molecule has 4 nitrogen and oxygen atoms in total. The summed E-state index contributed by atoms with van der Waals surface area (Å²) in [7, 11) is 0. The number of nitrogens with zero attached hydrogens (tertiary/aromatic N) is 1. The van der Waals surface area contributed by atoms with Gasteiger partial charge in [0.2, 0.25) is 0 Å². The molecule has 0 aliphatic carbocycles. The quantitative estimate of drug-likeness (QED) is 0.594. The topological polar surface area (TPSA) is 53.3 Å². The monoisotopic (exact) mass is 159 g/mol. The summed E-state index contributed by atoms with van der Waals surface area (Å²) in [6.45, 7) is 7.04. The highest BCUT2D eigenvalue weighted by Crippen LogP contribution is 1.86. The lowest BCUT2D eigenvalue weighted by molar-refractivity contribution is 0.137. The van der Waals surface area contributed by atoms with Gasteiger partial charge in [0.15, 0.2) is 0 Å². The minimum Gasteiger partial charge on any atom is -0.447 e. The van der Waals surface area contributed by atoms with Crippen LogP contribution < -0.4 is 5.73 Å². The van der Waals surface area contributed by atoms with Gasteiger partial charge >= 0.3 is 6.09 Å². The normalized spacial score (nSPS) is 10.1. The van der Waals surface area contributed by atoms with Crippen LogP contribution >= 0.6 is 0 Å². The summed E-state index contributed by atoms with van der Waals surface area (Å²) in [6.07, 6.45) is -0.947. The van der Waals surface area contributed by atoms with E-state index in [1.807, 2.05) is 13.8 Å². The molecular formula is C7H15N2O2. The molecule has 0 rings (SSSR count). The van der Waals surface area contributed by atoms with E-state index in [0.717, 1.165) is 19.6 Å². The molecule has 0 fully saturated rings. The van der Waals surface area contributed by atoms with Crippen molar-refractivity contribution in [1.29, 1.82) is 0 Å². The van der Waals surface area contributed by atoms with Crippen LogP contribution in [0.3, 0.4) is 0 Å². The summed E-state index contributed by atoms with van der Waals surface area (Å²) < 4.78 is 4.46. The average Bonchev–Trinajstić information content (AvgIpc) is 1.98. The molecule has 0 heterocycles. The maximum absolute atomic E-state index is 10.0. The summed E-state index contributed by atoms with van der Waals surface area (Å²) in [6, 6.07) is 0. The SMILES string of the molecule is CCN(CC)CCOC([NH])=O. The van der Waals surface area contributed by atoms with E-state index in [2.05, 4.69) is 9.64 Å². The third kappa shape index (κ3) is 5.66. The average molecular weight is 159 g/mol. The lowest BCUT2D eigenvalue weighted by Crippen LogP contribution is -2.27. The number of nitrogens with one attached hydrogen (secondary N) is 1. The van der Waals surface area contributed by atoms with Crippen molar-refractivity contribution in [3.8, 4) is 0 Å². The van der Waals surface area contributed by atoms with E-state index in [4.69, 9.17) is 5.73 Å². The van der Waals surface area contributed by atoms with Crippen LogP contribution in [0.1, 0.15) is 13.8 Å². The molecule has 0 aromatic carbocycles. The summed E-state index contributed by atoms with van der Waals surface area (Å²) in [5.74, 6) is 0. The Hall–Kier alpha value is -0.770. The maximum atomic E-state index is 10.0. The standard InChI is InChI=1S/C7H15N2O2/c1-3-9(4-2)5-6-11-7(8)10/h8H,3-6H2,1-2H3. The lowest BCUT2D eigenvalue weighted by atomic mass is 10.5. The fourth-order valence-electron chi connectivity index (χ4n) is 0.807. The first-order chi connectivity index (χ1) is 5.20. The minimum atomic E-state index is -0.947. The summed E-state index contributed by atoms with van der Waals surface area (Å²) in [4.78, 5) is 12.2. The van der Waals surface area contributed by atoms with E-state index < -0.39 is 6.09 Å². The fourth-order valence-corrected chi connectivity index (χ4v) is 0.807. The van der Waals surface area contributed by atoms with E-state index in [-0.39, 0.29) is 0 Å². The second-order valence-corrected chi connectivity index (χ2v) is 2.16. The number of likely N-dealkylation sites (N-methyl/N-ethyl adjacent to an activating group) is 1. The van der Waals surface area contributed by atoms with Gasteiger partial charge in [0, 0.05) is 6.54 Å². The molecule has 0 unspecified atom stereocenters. The summed E-state index contributed by atoms with van der Waals surface area (Å²) >= 11 is 0. The van der Waals surface area contributed by atoms with Crippen LogP contribution in [0.2, 0.25) is 0 Å². The van der Waals surface area contributed by atoms with E-state index >= 15 is 0 Å². The molecule has 0 bridgehead atoms. The molecule has 0 aliphatic heterocycles. The van der Waals surface area contributed by atoms with Gasteiger partial charge in [0.05, 0.1) is 0 Å². The first kappa shape index (κ1) is 10.2. The number of carbonyl (C=O) groups is 1. The number of hydrogen-bond acceptors (Lipinski definition) is 3. The van der Waals surface area contributed by atoms with Crippen molar-refractivity contribution in [2.24, 2.45) is 0 Å². The molecule has 0 atom stereocenters. The molecule has 0 aromatic heterocycles. The zero-order chi connectivity index (χ0) is 8.69. The molecule has 1 N–H and O–H groups in total. The Labute approximate surface area is 67.3 Å². The molecule has 0 saturated carbocycles. The molecule has 4 heteroatoms. The summed E-state index contributed by atoms with van der Waals surface area (Å²) in [5.41, 5.74) is 6.46. The smallest absolute Gasteiger partial charge is 0.426 e. The van der Waals surface area contributed by atoms with Gasteiger partial charge in [-0.3, -0.25) is 0 Å². The Morgan fingerprint density at radius 2 is 2.00 bits per heavy atom. The van der Waals surface area contributed by atoms with Crippen LogP contribution in [-0.2, 0) is 4.74 Å². The first-order valence-corrected chi connectivity index (χ1v) is 3.81. The predicted octanol–water partition coefficient (Wildman–Crippen LogP) is 0.748. The van der Waals surface area contributed by atoms with Gasteiger partial charge < -0.3 is 9.64 Å². The number of amides is 1. The Morgan fingerprint density at radius 3 is 2.36 bits per heavy atom. The minimum absolute atomic E-state index is 0.323. The second kappa shape index (κ2) is 5.97. The molecule has 1 amide bonds. The highest BCUT2D eigenvalue weighted by Gasteiger charge is 1.99. The Morgan fingerprint density at radius 1 is 1.45 bits per heavy atom. The van der Waals surface area contributed by atoms with Crippen LogP contribution in [0.5, 0.6) is 0 Å². The zero-order valence-electron chi connectivity index (χ0n) is 7.09. The Bertz CT molecular complexity index is 113. The van der Waals surface area contributed by atoms with Crippen LogP contribution in [0.25, 0.3) is 0 Å². The highest BCUT2D eigenvalue weighted by atomic mass is 16.5. The second-order valence-electron chi connectivity index (χ2n) is 2.16. The van der Waals surface area contributed by atoms with Crippen molar-refractivity contribution in [3.05, 3.63) is 0 Å². The highest BCUT2D eigenvalue weighted by molar-refractivity contribution is 5.63. The van der Waals surface area contributed by atoms with Gasteiger partial charge in [-0.1, -0.05) is 13.8 Å². The maximum Gasteiger partial charge on any atom is 0.426 e. The van der Waals surface area contributed by atoms with Gasteiger partial charge in [-0.15, -0.1) is 0 Å². The Balaban J connectivity index is 3.28. The third-order valence-corrected chi connectivity index (χ3v) is 1.54. The number of carbonyl (C=O) groups excluding carboxylic acids is 1. The van der Waals surface area contributed by atoms with E-state index in [1.165, 1.54) is 0 Å². The Kier molecular flexibility index (Phi) is 5.56. The van der Waals surface area contributed by atoms with E-state index in [9.17, 15) is 4.79 Å². The van der Waals surface area contributed by atoms with E-state index in [0.29, 0.717) is 6.61 Å². The van der Waals surface area contributed by atoms with Gasteiger partial charge in [0.25, 0.3) is 0 Å². The lowest BCUT2D eigenvalue weighted by Gasteiger charge is -2.16. The molecule has 1 radical (unpaired) electrons. The van der Waals surface area contributed by atoms with Gasteiger partial charge in [0.1, 0.15) is 6.61 Å². The first-order valence-electron chi connectivity index (χ1n) is 3.81. The van der Waals surface area contributed by atoms with Gasteiger partial charge in [-0.05, 0) is 13.1 Å². The summed E-state index contributed by atoms with van der Waals surface area (Å²) in [5, 5.41) is 0. The van der Waals surface area contributed by atoms with Crippen molar-refractivity contribution in [2.45, 2.75) is 13.8 Å². The van der Waals surface area contributed by atoms with Crippen molar-refractivity contribution >= 4 is 6.09 Å². The third-order valence-electron chi connectivity index (χ3n) is 1.54. The number of hydrogen-bond donors (Lipinski definition) is 0. The van der Waals surface area contributed by atoms with Crippen molar-refractivity contribution in [2.75, 3.05) is 26.2 Å². The predicted molar refractivity (Wildman–Crippen MR) is 42.2 cm³/mol. The largest absolute Gasteiger partial charge is 0.447 e. The van der Waals surface area contributed by atoms with Crippen LogP contribution in [0, 0.1) is 0 Å². The molecular weight excluding hydrogens is 144 g/mol. The zero-order valence-corrected chi connectivity index (χ0v) is 7.09. The fraction of sp³-hybridized carbons (Fsp3) is 0.857. The van der Waals surface area contributed by atoms with Crippen molar-refractivity contribution < 1.29 is 9.53 Å². The van der Waals surface area contributed by atoms with Crippen molar-refractivity contribution in [3.63, 3.8) is 0 Å². The van der Waals surface area contributed by atoms with Crippen LogP contribution in [0.15, 0.2) is 0 Å². The molecule has 65 valence electrons. The number of ether oxygens (including phenoxy) is 1. The van der Waals surface area contributed by atoms with Crippen LogP contribution in [-0.4, -0.2) is 37.2 Å². The molecule has 0 saturated heterocycles. The molecule has 0 aliphatic rings. The van der Waals surface area contributed by atoms with Gasteiger partial charge in [-0.2, -0.15) is 0 Å². The molecule has 0 aromatic rings. The van der Waals surface area contributed by atoms with Crippen LogP contribution in [0.4, 0.5) is 4.79 Å². The van der Waals surface area contributed by atoms with Crippen molar-refractivity contribution in [1.82, 2.24) is 10.6 Å².